The summed E-state index contributed by atoms with van der Waals surface area (Å²) in [5.74, 6) is 2.87. The Morgan fingerprint density at radius 1 is 1.53 bits per heavy atom. The average molecular weight is 235 g/mol. The summed E-state index contributed by atoms with van der Waals surface area (Å²) in [6.45, 7) is 3.89. The lowest BCUT2D eigenvalue weighted by Crippen LogP contribution is -2.30. The van der Waals surface area contributed by atoms with Gasteiger partial charge in [0.05, 0.1) is 13.2 Å². The molecular formula is C14H18FNO. The van der Waals surface area contributed by atoms with E-state index in [0.29, 0.717) is 11.3 Å². The van der Waals surface area contributed by atoms with Gasteiger partial charge in [-0.15, -0.1) is 6.42 Å². The van der Waals surface area contributed by atoms with E-state index in [-0.39, 0.29) is 17.9 Å². The summed E-state index contributed by atoms with van der Waals surface area (Å²) in [5, 5.41) is 3.19. The summed E-state index contributed by atoms with van der Waals surface area (Å²) < 4.78 is 18.7. The molecule has 0 amide bonds. The van der Waals surface area contributed by atoms with Crippen LogP contribution in [0.1, 0.15) is 31.9 Å². The Morgan fingerprint density at radius 3 is 2.71 bits per heavy atom. The predicted octanol–water partition coefficient (Wildman–Crippen LogP) is 2.90. The predicted molar refractivity (Wildman–Crippen MR) is 67.4 cm³/mol. The zero-order chi connectivity index (χ0) is 12.8. The summed E-state index contributed by atoms with van der Waals surface area (Å²) in [6.07, 6.45) is 6.19. The first-order valence-corrected chi connectivity index (χ1v) is 5.68. The van der Waals surface area contributed by atoms with Crippen molar-refractivity contribution >= 4 is 0 Å². The van der Waals surface area contributed by atoms with Crippen LogP contribution in [-0.4, -0.2) is 13.2 Å². The number of methoxy groups -OCH3 is 1. The lowest BCUT2D eigenvalue weighted by molar-refractivity contribution is 0.409. The molecule has 2 atom stereocenters. The van der Waals surface area contributed by atoms with Gasteiger partial charge in [0.25, 0.3) is 0 Å². The van der Waals surface area contributed by atoms with Crippen LogP contribution in [0.3, 0.4) is 0 Å². The molecule has 1 aromatic rings. The molecule has 2 unspecified atom stereocenters. The van der Waals surface area contributed by atoms with E-state index < -0.39 is 0 Å². The van der Waals surface area contributed by atoms with Crippen LogP contribution < -0.4 is 10.1 Å². The maximum Gasteiger partial charge on any atom is 0.131 e. The highest BCUT2D eigenvalue weighted by atomic mass is 19.1. The number of ether oxygens (including phenoxy) is 1. The monoisotopic (exact) mass is 235 g/mol. The topological polar surface area (TPSA) is 21.3 Å². The van der Waals surface area contributed by atoms with Gasteiger partial charge in [0.1, 0.15) is 11.6 Å². The minimum Gasteiger partial charge on any atom is -0.497 e. The van der Waals surface area contributed by atoms with E-state index >= 15 is 0 Å². The maximum absolute atomic E-state index is 13.8. The highest BCUT2D eigenvalue weighted by Crippen LogP contribution is 2.22. The Morgan fingerprint density at radius 2 is 2.24 bits per heavy atom. The second-order valence-electron chi connectivity index (χ2n) is 3.90. The van der Waals surface area contributed by atoms with Crippen LogP contribution in [0.25, 0.3) is 0 Å². The largest absolute Gasteiger partial charge is 0.497 e. The lowest BCUT2D eigenvalue weighted by atomic mass is 10.1. The van der Waals surface area contributed by atoms with Crippen LogP contribution in [0.15, 0.2) is 18.2 Å². The summed E-state index contributed by atoms with van der Waals surface area (Å²) in [7, 11) is 1.52. The van der Waals surface area contributed by atoms with Gasteiger partial charge in [0, 0.05) is 17.7 Å². The molecule has 0 bridgehead atoms. The third kappa shape index (κ3) is 3.47. The second kappa shape index (κ2) is 6.27. The molecule has 0 saturated carbocycles. The van der Waals surface area contributed by atoms with Crippen LogP contribution in [-0.2, 0) is 0 Å². The van der Waals surface area contributed by atoms with Gasteiger partial charge >= 0.3 is 0 Å². The minimum absolute atomic E-state index is 0.0356. The van der Waals surface area contributed by atoms with E-state index in [9.17, 15) is 4.39 Å². The van der Waals surface area contributed by atoms with E-state index in [4.69, 9.17) is 11.2 Å². The molecule has 92 valence electrons. The lowest BCUT2D eigenvalue weighted by Gasteiger charge is -2.19. The van der Waals surface area contributed by atoms with Gasteiger partial charge < -0.3 is 4.74 Å². The molecule has 0 aliphatic carbocycles. The third-order valence-electron chi connectivity index (χ3n) is 2.73. The molecule has 0 spiro atoms. The first-order chi connectivity index (χ1) is 8.12. The molecule has 0 fully saturated rings. The summed E-state index contributed by atoms with van der Waals surface area (Å²) >= 11 is 0. The zero-order valence-electron chi connectivity index (χ0n) is 10.5. The number of rotatable bonds is 5. The number of halogens is 1. The van der Waals surface area contributed by atoms with Crippen LogP contribution in [0, 0.1) is 18.2 Å². The quantitative estimate of drug-likeness (QED) is 0.792. The van der Waals surface area contributed by atoms with E-state index in [0.717, 1.165) is 6.42 Å². The van der Waals surface area contributed by atoms with Crippen LogP contribution in [0.4, 0.5) is 4.39 Å². The highest BCUT2D eigenvalue weighted by Gasteiger charge is 2.14. The molecule has 0 saturated heterocycles. The molecular weight excluding hydrogens is 217 g/mol. The summed E-state index contributed by atoms with van der Waals surface area (Å²) in [5.41, 5.74) is 0.597. The Bertz CT molecular complexity index is 411. The number of nitrogens with one attached hydrogen (secondary N) is 1. The van der Waals surface area contributed by atoms with Crippen molar-refractivity contribution in [2.45, 2.75) is 32.4 Å². The molecule has 0 radical (unpaired) electrons. The first kappa shape index (κ1) is 13.5. The van der Waals surface area contributed by atoms with Crippen molar-refractivity contribution in [3.8, 4) is 18.1 Å². The number of hydrogen-bond donors (Lipinski definition) is 1. The Balaban J connectivity index is 2.82. The van der Waals surface area contributed by atoms with Gasteiger partial charge in [-0.3, -0.25) is 5.32 Å². The molecule has 0 aromatic heterocycles. The van der Waals surface area contributed by atoms with Crippen molar-refractivity contribution in [3.05, 3.63) is 29.6 Å². The van der Waals surface area contributed by atoms with Crippen LogP contribution in [0.5, 0.6) is 5.75 Å². The standard InChI is InChI=1S/C14H18FNO/c1-5-11(6-2)16-10(3)13-8-7-12(17-4)9-14(13)15/h1,7-11,16H,6H2,2-4H3. The van der Waals surface area contributed by atoms with Crippen molar-refractivity contribution in [2.75, 3.05) is 7.11 Å². The Hall–Kier alpha value is -1.53. The Labute approximate surface area is 102 Å². The second-order valence-corrected chi connectivity index (χ2v) is 3.90. The van der Waals surface area contributed by atoms with Gasteiger partial charge in [-0.1, -0.05) is 18.9 Å². The minimum atomic E-state index is -0.281. The fourth-order valence-electron chi connectivity index (χ4n) is 1.66. The van der Waals surface area contributed by atoms with Gasteiger partial charge in [0.2, 0.25) is 0 Å². The fourth-order valence-corrected chi connectivity index (χ4v) is 1.66. The van der Waals surface area contributed by atoms with Gasteiger partial charge in [0.15, 0.2) is 0 Å². The van der Waals surface area contributed by atoms with E-state index in [2.05, 4.69) is 11.2 Å². The van der Waals surface area contributed by atoms with Crippen molar-refractivity contribution in [1.82, 2.24) is 5.32 Å². The SMILES string of the molecule is C#CC(CC)NC(C)c1ccc(OC)cc1F. The Kier molecular flexibility index (Phi) is 4.99. The normalized spacial score (nSPS) is 13.8. The summed E-state index contributed by atoms with van der Waals surface area (Å²) in [6, 6.07) is 4.68. The van der Waals surface area contributed by atoms with Gasteiger partial charge in [-0.05, 0) is 19.4 Å². The maximum atomic E-state index is 13.8. The molecule has 1 N–H and O–H groups in total. The van der Waals surface area contributed by atoms with Crippen molar-refractivity contribution < 1.29 is 9.13 Å². The van der Waals surface area contributed by atoms with Crippen LogP contribution in [0.2, 0.25) is 0 Å². The van der Waals surface area contributed by atoms with Gasteiger partial charge in [-0.2, -0.15) is 0 Å². The molecule has 0 aliphatic rings. The van der Waals surface area contributed by atoms with Gasteiger partial charge in [-0.25, -0.2) is 4.39 Å². The molecule has 0 aliphatic heterocycles. The average Bonchev–Trinajstić information content (AvgIpc) is 2.35. The fraction of sp³-hybridized carbons (Fsp3) is 0.429. The molecule has 17 heavy (non-hydrogen) atoms. The summed E-state index contributed by atoms with van der Waals surface area (Å²) in [4.78, 5) is 0. The number of terminal acetylenes is 1. The highest BCUT2D eigenvalue weighted by molar-refractivity contribution is 5.30. The van der Waals surface area contributed by atoms with Crippen molar-refractivity contribution in [1.29, 1.82) is 0 Å². The van der Waals surface area contributed by atoms with Crippen LogP contribution >= 0.6 is 0 Å². The molecule has 1 aromatic carbocycles. The molecule has 0 heterocycles. The molecule has 3 heteroatoms. The zero-order valence-corrected chi connectivity index (χ0v) is 10.5. The van der Waals surface area contributed by atoms with Crippen molar-refractivity contribution in [2.24, 2.45) is 0 Å². The first-order valence-electron chi connectivity index (χ1n) is 5.68. The number of hydrogen-bond acceptors (Lipinski definition) is 2. The van der Waals surface area contributed by atoms with E-state index in [1.165, 1.54) is 13.2 Å². The van der Waals surface area contributed by atoms with E-state index in [1.807, 2.05) is 13.8 Å². The number of benzene rings is 1. The van der Waals surface area contributed by atoms with E-state index in [1.54, 1.807) is 12.1 Å². The molecule has 2 nitrogen and oxygen atoms in total. The van der Waals surface area contributed by atoms with Crippen molar-refractivity contribution in [3.63, 3.8) is 0 Å². The smallest absolute Gasteiger partial charge is 0.131 e. The third-order valence-corrected chi connectivity index (χ3v) is 2.73. The molecule has 1 rings (SSSR count).